The molecule has 1 aromatic rings. The number of carbonyl (C=O) groups excluding carboxylic acids is 2. The van der Waals surface area contributed by atoms with Gasteiger partial charge >= 0.3 is 5.97 Å². The van der Waals surface area contributed by atoms with E-state index < -0.39 is 11.6 Å². The van der Waals surface area contributed by atoms with Crippen molar-refractivity contribution in [2.45, 2.75) is 32.3 Å². The highest BCUT2D eigenvalue weighted by Crippen LogP contribution is 2.40. The van der Waals surface area contributed by atoms with Crippen LogP contribution >= 0.6 is 11.3 Å². The van der Waals surface area contributed by atoms with Crippen molar-refractivity contribution in [3.05, 3.63) is 10.4 Å². The van der Waals surface area contributed by atoms with Gasteiger partial charge in [0.25, 0.3) is 0 Å². The number of nitrogens with zero attached hydrogens (tertiary/aromatic N) is 1. The summed E-state index contributed by atoms with van der Waals surface area (Å²) in [5.41, 5.74) is 5.71. The number of nitrogens with two attached hydrogens (primary N) is 1. The Morgan fingerprint density at radius 2 is 1.95 bits per heavy atom. The fourth-order valence-electron chi connectivity index (χ4n) is 2.41. The fraction of sp³-hybridized carbons (Fsp3) is 0.571. The molecule has 21 heavy (non-hydrogen) atoms. The normalized spacial score (nSPS) is 17.6. The molecule has 0 bridgehead atoms. The Balaban J connectivity index is 2.41. The number of methoxy groups -OCH3 is 1. The summed E-state index contributed by atoms with van der Waals surface area (Å²) in [4.78, 5) is 26.0. The summed E-state index contributed by atoms with van der Waals surface area (Å²) in [5, 5.41) is 10.7. The molecular weight excluding hydrogens is 292 g/mol. The molecule has 0 saturated carbocycles. The molecule has 1 fully saturated rings. The number of Topliss-reactive ketones (excluding diaryl/α,β-unsaturated/α-hetero) is 1. The number of ether oxygens (including phenoxy) is 1. The van der Waals surface area contributed by atoms with Crippen molar-refractivity contribution < 1.29 is 19.4 Å². The van der Waals surface area contributed by atoms with E-state index in [-0.39, 0.29) is 17.0 Å². The van der Waals surface area contributed by atoms with E-state index >= 15 is 0 Å². The number of rotatable bonds is 3. The van der Waals surface area contributed by atoms with Crippen LogP contribution in [0.4, 0.5) is 10.7 Å². The van der Waals surface area contributed by atoms with E-state index in [4.69, 9.17) is 10.5 Å². The van der Waals surface area contributed by atoms with E-state index in [1.165, 1.54) is 25.4 Å². The highest BCUT2D eigenvalue weighted by Gasteiger charge is 2.33. The van der Waals surface area contributed by atoms with Crippen LogP contribution in [0.5, 0.6) is 0 Å². The predicted octanol–water partition coefficient (Wildman–Crippen LogP) is 1.67. The lowest BCUT2D eigenvalue weighted by Gasteiger charge is -2.36. The number of aliphatic hydroxyl groups is 1. The Hall–Kier alpha value is -1.60. The molecule has 0 aliphatic carbocycles. The maximum atomic E-state index is 12.0. The number of hydrogen-bond acceptors (Lipinski definition) is 7. The zero-order valence-electron chi connectivity index (χ0n) is 12.4. The van der Waals surface area contributed by atoms with Crippen LogP contribution in [-0.2, 0) is 4.74 Å². The third-order valence-corrected chi connectivity index (χ3v) is 5.13. The van der Waals surface area contributed by atoms with Crippen LogP contribution in [0.25, 0.3) is 0 Å². The number of carbonyl (C=O) groups is 2. The first-order valence-corrected chi connectivity index (χ1v) is 7.57. The Morgan fingerprint density at radius 1 is 1.38 bits per heavy atom. The van der Waals surface area contributed by atoms with Crippen LogP contribution in [0.15, 0.2) is 0 Å². The van der Waals surface area contributed by atoms with Gasteiger partial charge in [0.1, 0.15) is 10.6 Å². The van der Waals surface area contributed by atoms with Crippen LogP contribution in [0.2, 0.25) is 0 Å². The van der Waals surface area contributed by atoms with Crippen molar-refractivity contribution in [2.24, 2.45) is 0 Å². The summed E-state index contributed by atoms with van der Waals surface area (Å²) in [5.74, 6) is -0.707. The summed E-state index contributed by atoms with van der Waals surface area (Å²) in [6.07, 6.45) is 1.20. The maximum absolute atomic E-state index is 12.0. The van der Waals surface area contributed by atoms with Gasteiger partial charge in [-0.15, -0.1) is 11.3 Å². The van der Waals surface area contributed by atoms with Gasteiger partial charge in [0.15, 0.2) is 5.78 Å². The Kier molecular flexibility index (Phi) is 4.25. The van der Waals surface area contributed by atoms with E-state index in [0.29, 0.717) is 35.8 Å². The van der Waals surface area contributed by atoms with Crippen LogP contribution in [0.1, 0.15) is 46.7 Å². The lowest BCUT2D eigenvalue weighted by molar-refractivity contribution is 0.0352. The number of esters is 1. The molecule has 2 heterocycles. The number of ketones is 1. The SMILES string of the molecule is COC(=O)c1c(N2CCC(C)(O)CC2)sc(C(C)=O)c1N. The van der Waals surface area contributed by atoms with Gasteiger partial charge in [-0.2, -0.15) is 0 Å². The molecule has 0 radical (unpaired) electrons. The zero-order valence-corrected chi connectivity index (χ0v) is 13.2. The summed E-state index contributed by atoms with van der Waals surface area (Å²) in [6, 6.07) is 0. The quantitative estimate of drug-likeness (QED) is 0.651. The van der Waals surface area contributed by atoms with Crippen molar-refractivity contribution in [2.75, 3.05) is 30.8 Å². The number of nitrogen functional groups attached to an aromatic ring is 1. The second-order valence-electron chi connectivity index (χ2n) is 5.56. The monoisotopic (exact) mass is 312 g/mol. The van der Waals surface area contributed by atoms with E-state index in [2.05, 4.69) is 0 Å². The van der Waals surface area contributed by atoms with Gasteiger partial charge in [-0.25, -0.2) is 4.79 Å². The molecule has 116 valence electrons. The standard InChI is InChI=1S/C14H20N2O4S/c1-8(17)11-10(15)9(13(18)20-3)12(21-11)16-6-4-14(2,19)5-7-16/h19H,4-7,15H2,1-3H3. The molecule has 7 heteroatoms. The molecule has 1 aliphatic rings. The Bertz CT molecular complexity index is 570. The maximum Gasteiger partial charge on any atom is 0.343 e. The Labute approximate surface area is 127 Å². The third kappa shape index (κ3) is 3.03. The van der Waals surface area contributed by atoms with Crippen molar-refractivity contribution in [1.82, 2.24) is 0 Å². The van der Waals surface area contributed by atoms with E-state index in [1.807, 2.05) is 4.90 Å². The molecule has 0 atom stereocenters. The summed E-state index contributed by atoms with van der Waals surface area (Å²) in [6.45, 7) is 4.44. The number of anilines is 2. The third-order valence-electron chi connectivity index (χ3n) is 3.76. The summed E-state index contributed by atoms with van der Waals surface area (Å²) in [7, 11) is 1.29. The van der Waals surface area contributed by atoms with Crippen molar-refractivity contribution >= 4 is 33.8 Å². The second kappa shape index (κ2) is 5.65. The lowest BCUT2D eigenvalue weighted by atomic mass is 9.94. The van der Waals surface area contributed by atoms with Gasteiger partial charge in [0.2, 0.25) is 0 Å². The molecule has 6 nitrogen and oxygen atoms in total. The molecule has 0 unspecified atom stereocenters. The largest absolute Gasteiger partial charge is 0.465 e. The second-order valence-corrected chi connectivity index (χ2v) is 6.56. The Morgan fingerprint density at radius 3 is 2.43 bits per heavy atom. The molecule has 0 aromatic carbocycles. The highest BCUT2D eigenvalue weighted by atomic mass is 32.1. The van der Waals surface area contributed by atoms with Gasteiger partial charge in [0.05, 0.1) is 23.3 Å². The van der Waals surface area contributed by atoms with Crippen LogP contribution in [0, 0.1) is 0 Å². The molecule has 1 aromatic heterocycles. The van der Waals surface area contributed by atoms with Gasteiger partial charge in [-0.05, 0) is 19.8 Å². The number of piperidine rings is 1. The van der Waals surface area contributed by atoms with Crippen LogP contribution < -0.4 is 10.6 Å². The number of hydrogen-bond donors (Lipinski definition) is 2. The first kappa shape index (κ1) is 15.8. The van der Waals surface area contributed by atoms with E-state index in [0.717, 1.165) is 0 Å². The van der Waals surface area contributed by atoms with E-state index in [1.54, 1.807) is 6.92 Å². The summed E-state index contributed by atoms with van der Waals surface area (Å²) >= 11 is 1.21. The highest BCUT2D eigenvalue weighted by molar-refractivity contribution is 7.19. The molecule has 1 aliphatic heterocycles. The van der Waals surface area contributed by atoms with Crippen molar-refractivity contribution in [1.29, 1.82) is 0 Å². The van der Waals surface area contributed by atoms with E-state index in [9.17, 15) is 14.7 Å². The minimum Gasteiger partial charge on any atom is -0.465 e. The van der Waals surface area contributed by atoms with Crippen molar-refractivity contribution in [3.63, 3.8) is 0 Å². The first-order chi connectivity index (χ1) is 9.76. The number of thiophene rings is 1. The lowest BCUT2D eigenvalue weighted by Crippen LogP contribution is -2.42. The predicted molar refractivity (Wildman–Crippen MR) is 82.1 cm³/mol. The molecule has 1 saturated heterocycles. The topological polar surface area (TPSA) is 92.9 Å². The molecule has 3 N–H and O–H groups in total. The average Bonchev–Trinajstić information content (AvgIpc) is 2.75. The smallest absolute Gasteiger partial charge is 0.343 e. The minimum absolute atomic E-state index is 0.169. The van der Waals surface area contributed by atoms with Crippen LogP contribution in [-0.4, -0.2) is 42.7 Å². The fourth-order valence-corrected chi connectivity index (χ4v) is 3.56. The van der Waals surface area contributed by atoms with Crippen LogP contribution in [0.3, 0.4) is 0 Å². The van der Waals surface area contributed by atoms with Gasteiger partial charge in [-0.1, -0.05) is 0 Å². The molecule has 0 amide bonds. The summed E-state index contributed by atoms with van der Waals surface area (Å²) < 4.78 is 4.78. The first-order valence-electron chi connectivity index (χ1n) is 6.75. The van der Waals surface area contributed by atoms with Crippen molar-refractivity contribution in [3.8, 4) is 0 Å². The zero-order chi connectivity index (χ0) is 15.8. The molecule has 2 rings (SSSR count). The van der Waals surface area contributed by atoms with Gasteiger partial charge < -0.3 is 20.5 Å². The molecular formula is C14H20N2O4S. The van der Waals surface area contributed by atoms with Gasteiger partial charge in [0, 0.05) is 20.0 Å². The average molecular weight is 312 g/mol. The minimum atomic E-state index is -0.686. The van der Waals surface area contributed by atoms with Gasteiger partial charge in [-0.3, -0.25) is 4.79 Å². The molecule has 0 spiro atoms.